The molecule has 0 aliphatic heterocycles. The maximum Gasteiger partial charge on any atom is 0.277 e. The number of aryl methyl sites for hydroxylation is 2. The number of carbonyl (C=O) groups excluding carboxylic acids is 1. The Morgan fingerprint density at radius 3 is 2.36 bits per heavy atom. The van der Waals surface area contributed by atoms with Crippen molar-refractivity contribution in [2.75, 3.05) is 5.75 Å². The summed E-state index contributed by atoms with van der Waals surface area (Å²) in [6.07, 6.45) is 17.4. The molecule has 1 aromatic carbocycles. The molecule has 4 aromatic rings. The third kappa shape index (κ3) is 9.41. The zero-order valence-electron chi connectivity index (χ0n) is 21.8. The van der Waals surface area contributed by atoms with Gasteiger partial charge in [0.25, 0.3) is 5.56 Å². The van der Waals surface area contributed by atoms with Gasteiger partial charge >= 0.3 is 0 Å². The van der Waals surface area contributed by atoms with Crippen molar-refractivity contribution < 1.29 is 4.79 Å². The molecule has 0 radical (unpaired) electrons. The number of Topliss-reactive ketones (excluding diaryl/α,β-unsaturated/α-hetero) is 1. The topological polar surface area (TPSA) is 90.6 Å². The molecule has 7 nitrogen and oxygen atoms in total. The van der Waals surface area contributed by atoms with E-state index in [1.807, 2.05) is 18.3 Å². The Kier molecular flexibility index (Phi) is 11.2. The van der Waals surface area contributed by atoms with E-state index >= 15 is 0 Å². The number of ketones is 1. The van der Waals surface area contributed by atoms with Crippen molar-refractivity contribution in [2.45, 2.75) is 63.1 Å². The molecular weight excluding hydrogens is 530 g/mol. The van der Waals surface area contributed by atoms with E-state index in [9.17, 15) is 9.59 Å². The summed E-state index contributed by atoms with van der Waals surface area (Å²) in [5.74, 6) is 1.05. The van der Waals surface area contributed by atoms with E-state index in [0.717, 1.165) is 67.1 Å². The van der Waals surface area contributed by atoms with Gasteiger partial charge in [0.05, 0.1) is 0 Å². The van der Waals surface area contributed by atoms with Crippen molar-refractivity contribution in [3.8, 4) is 0 Å². The van der Waals surface area contributed by atoms with Crippen LogP contribution < -0.4 is 5.56 Å². The molecule has 4 rings (SSSR count). The average molecular weight is 562 g/mol. The fourth-order valence-electron chi connectivity index (χ4n) is 4.22. The Hall–Kier alpha value is -3.36. The Balaban J connectivity index is 1.26. The summed E-state index contributed by atoms with van der Waals surface area (Å²) < 4.78 is 2.09. The molecule has 0 aliphatic carbocycles. The Morgan fingerprint density at radius 1 is 0.872 bits per heavy atom. The fourth-order valence-corrected chi connectivity index (χ4v) is 5.33. The van der Waals surface area contributed by atoms with Crippen LogP contribution in [0.2, 0.25) is 5.02 Å². The molecule has 0 aliphatic rings. The summed E-state index contributed by atoms with van der Waals surface area (Å²) in [5, 5.41) is 1.39. The first kappa shape index (κ1) is 28.6. The summed E-state index contributed by atoms with van der Waals surface area (Å²) in [7, 11) is 0. The normalized spacial score (nSPS) is 11.0. The van der Waals surface area contributed by atoms with Crippen molar-refractivity contribution in [2.24, 2.45) is 0 Å². The molecule has 0 unspecified atom stereocenters. The Bertz CT molecular complexity index is 1380. The van der Waals surface area contributed by atoms with Gasteiger partial charge < -0.3 is 4.57 Å². The van der Waals surface area contributed by atoms with Gasteiger partial charge in [0.2, 0.25) is 0 Å². The van der Waals surface area contributed by atoms with Crippen LogP contribution in [0.3, 0.4) is 0 Å². The highest BCUT2D eigenvalue weighted by Crippen LogP contribution is 2.20. The summed E-state index contributed by atoms with van der Waals surface area (Å²) in [6.45, 7) is 0.722. The van der Waals surface area contributed by atoms with E-state index in [1.54, 1.807) is 60.8 Å². The fraction of sp³-hybridized carbons (Fsp3) is 0.333. The van der Waals surface area contributed by atoms with Crippen molar-refractivity contribution in [1.29, 1.82) is 0 Å². The first-order valence-electron chi connectivity index (χ1n) is 13.2. The highest BCUT2D eigenvalue weighted by molar-refractivity contribution is 7.99. The standard InChI is InChI=1S/C30H32ClN5O2S/c31-27-9-7-25(8-10-27)28(37)6-4-2-1-3-5-17-39-30-35-29(38)26(18-24-19-33-22-34-20-24)21-36(30)16-13-23-11-14-32-15-12-23/h7-12,14-15,19-22H,1-6,13,16-18H2. The quantitative estimate of drug-likeness (QED) is 0.0735. The smallest absolute Gasteiger partial charge is 0.277 e. The van der Waals surface area contributed by atoms with Crippen LogP contribution in [0, 0.1) is 0 Å². The number of aromatic nitrogens is 5. The van der Waals surface area contributed by atoms with Gasteiger partial charge in [0.15, 0.2) is 10.9 Å². The van der Waals surface area contributed by atoms with Crippen LogP contribution in [0.25, 0.3) is 0 Å². The maximum atomic E-state index is 12.8. The van der Waals surface area contributed by atoms with Crippen molar-refractivity contribution in [3.05, 3.63) is 111 Å². The van der Waals surface area contributed by atoms with E-state index in [-0.39, 0.29) is 11.3 Å². The maximum absolute atomic E-state index is 12.8. The van der Waals surface area contributed by atoms with Gasteiger partial charge in [-0.15, -0.1) is 0 Å². The zero-order valence-corrected chi connectivity index (χ0v) is 23.4. The van der Waals surface area contributed by atoms with Gasteiger partial charge in [-0.2, -0.15) is 4.98 Å². The van der Waals surface area contributed by atoms with E-state index in [1.165, 1.54) is 11.9 Å². The number of pyridine rings is 1. The van der Waals surface area contributed by atoms with Gasteiger partial charge in [-0.3, -0.25) is 14.6 Å². The van der Waals surface area contributed by atoms with Crippen LogP contribution in [0.1, 0.15) is 65.6 Å². The third-order valence-electron chi connectivity index (χ3n) is 6.37. The second kappa shape index (κ2) is 15.3. The number of unbranched alkanes of at least 4 members (excludes halogenated alkanes) is 4. The summed E-state index contributed by atoms with van der Waals surface area (Å²) >= 11 is 7.53. The van der Waals surface area contributed by atoms with Gasteiger partial charge in [0, 0.05) is 72.3 Å². The minimum Gasteiger partial charge on any atom is -0.327 e. The van der Waals surface area contributed by atoms with Crippen LogP contribution >= 0.6 is 23.4 Å². The number of hydrogen-bond acceptors (Lipinski definition) is 7. The first-order valence-corrected chi connectivity index (χ1v) is 14.6. The average Bonchev–Trinajstić information content (AvgIpc) is 2.96. The van der Waals surface area contributed by atoms with Crippen LogP contribution in [-0.4, -0.2) is 36.0 Å². The van der Waals surface area contributed by atoms with Crippen LogP contribution in [0.15, 0.2) is 83.7 Å². The van der Waals surface area contributed by atoms with E-state index in [2.05, 4.69) is 24.5 Å². The molecule has 0 fully saturated rings. The van der Waals surface area contributed by atoms with Gasteiger partial charge in [-0.25, -0.2) is 9.97 Å². The van der Waals surface area contributed by atoms with Crippen molar-refractivity contribution in [1.82, 2.24) is 24.5 Å². The van der Waals surface area contributed by atoms with Gasteiger partial charge in [0.1, 0.15) is 6.33 Å². The predicted molar refractivity (Wildman–Crippen MR) is 155 cm³/mol. The largest absolute Gasteiger partial charge is 0.327 e. The molecule has 0 bridgehead atoms. The lowest BCUT2D eigenvalue weighted by molar-refractivity contribution is 0.0979. The second-order valence-electron chi connectivity index (χ2n) is 9.37. The summed E-state index contributed by atoms with van der Waals surface area (Å²) in [6, 6.07) is 11.1. The lowest BCUT2D eigenvalue weighted by Crippen LogP contribution is -2.20. The highest BCUT2D eigenvalue weighted by Gasteiger charge is 2.11. The van der Waals surface area contributed by atoms with E-state index < -0.39 is 0 Å². The molecule has 0 saturated carbocycles. The molecule has 0 N–H and O–H groups in total. The Morgan fingerprint density at radius 2 is 1.59 bits per heavy atom. The number of thioether (sulfide) groups is 1. The predicted octanol–water partition coefficient (Wildman–Crippen LogP) is 6.23. The molecule has 9 heteroatoms. The highest BCUT2D eigenvalue weighted by atomic mass is 35.5. The molecule has 3 aromatic heterocycles. The molecule has 0 spiro atoms. The Labute approximate surface area is 238 Å². The lowest BCUT2D eigenvalue weighted by atomic mass is 10.0. The SMILES string of the molecule is O=C(CCCCCCCSc1nc(=O)c(Cc2cncnc2)cn1CCc1ccncc1)c1ccc(Cl)cc1. The van der Waals surface area contributed by atoms with Gasteiger partial charge in [-0.1, -0.05) is 42.6 Å². The summed E-state index contributed by atoms with van der Waals surface area (Å²) in [5.41, 5.74) is 3.23. The number of carbonyl (C=O) groups is 1. The minimum absolute atomic E-state index is 0.168. The number of nitrogens with zero attached hydrogens (tertiary/aromatic N) is 5. The second-order valence-corrected chi connectivity index (χ2v) is 10.9. The molecule has 39 heavy (non-hydrogen) atoms. The van der Waals surface area contributed by atoms with Crippen LogP contribution in [0.5, 0.6) is 0 Å². The number of halogens is 1. The molecule has 0 atom stereocenters. The number of hydrogen-bond donors (Lipinski definition) is 0. The third-order valence-corrected chi connectivity index (χ3v) is 7.70. The minimum atomic E-state index is -0.202. The first-order chi connectivity index (χ1) is 19.1. The van der Waals surface area contributed by atoms with Crippen molar-refractivity contribution in [3.63, 3.8) is 0 Å². The monoisotopic (exact) mass is 561 g/mol. The molecular formula is C30H32ClN5O2S. The molecule has 0 amide bonds. The van der Waals surface area contributed by atoms with E-state index in [0.29, 0.717) is 23.4 Å². The van der Waals surface area contributed by atoms with Crippen LogP contribution in [-0.2, 0) is 19.4 Å². The van der Waals surface area contributed by atoms with Gasteiger partial charge in [-0.05, 0) is 66.8 Å². The molecule has 0 saturated heterocycles. The summed E-state index contributed by atoms with van der Waals surface area (Å²) in [4.78, 5) is 41.8. The number of rotatable bonds is 15. The molecule has 202 valence electrons. The molecule has 3 heterocycles. The number of benzene rings is 1. The van der Waals surface area contributed by atoms with Crippen molar-refractivity contribution >= 4 is 29.1 Å². The van der Waals surface area contributed by atoms with E-state index in [4.69, 9.17) is 11.6 Å². The lowest BCUT2D eigenvalue weighted by Gasteiger charge is -2.14. The zero-order chi connectivity index (χ0) is 27.3. The van der Waals surface area contributed by atoms with Crippen LogP contribution in [0.4, 0.5) is 0 Å².